The Morgan fingerprint density at radius 2 is 2.11 bits per heavy atom. The number of fused-ring (bicyclic) bond motifs is 1. The zero-order valence-electron chi connectivity index (χ0n) is 10.6. The van der Waals surface area contributed by atoms with E-state index in [2.05, 4.69) is 29.8 Å². The van der Waals surface area contributed by atoms with Gasteiger partial charge in [-0.15, -0.1) is 0 Å². The maximum atomic E-state index is 5.90. The number of imidazole rings is 1. The molecule has 0 amide bonds. The van der Waals surface area contributed by atoms with Crippen LogP contribution in [0.3, 0.4) is 0 Å². The molecule has 0 saturated heterocycles. The molecule has 1 atom stereocenters. The second-order valence-corrected chi connectivity index (χ2v) is 5.57. The standard InChI is InChI=1S/C15H17ClN2/c1-11-3-2-8-18-10-14(17-15(11)18)9-12-4-6-13(16)7-5-12/h4-7,10-11H,2-3,8-9H2,1H3. The summed E-state index contributed by atoms with van der Waals surface area (Å²) in [6, 6.07) is 8.03. The molecule has 0 saturated carbocycles. The van der Waals surface area contributed by atoms with Crippen molar-refractivity contribution >= 4 is 11.6 Å². The number of rotatable bonds is 2. The molecule has 0 radical (unpaired) electrons. The molecule has 1 aromatic heterocycles. The molecule has 0 aliphatic carbocycles. The number of hydrogen-bond acceptors (Lipinski definition) is 1. The Hall–Kier alpha value is -1.28. The van der Waals surface area contributed by atoms with E-state index in [4.69, 9.17) is 16.6 Å². The minimum Gasteiger partial charge on any atom is -0.334 e. The predicted octanol–water partition coefficient (Wildman–Crippen LogP) is 4.02. The summed E-state index contributed by atoms with van der Waals surface area (Å²) in [4.78, 5) is 4.78. The van der Waals surface area contributed by atoms with Gasteiger partial charge in [-0.2, -0.15) is 0 Å². The molecule has 0 spiro atoms. The monoisotopic (exact) mass is 260 g/mol. The summed E-state index contributed by atoms with van der Waals surface area (Å²) in [5.74, 6) is 1.85. The fourth-order valence-electron chi connectivity index (χ4n) is 2.65. The van der Waals surface area contributed by atoms with Gasteiger partial charge in [0.2, 0.25) is 0 Å². The third-order valence-corrected chi connectivity index (χ3v) is 3.88. The van der Waals surface area contributed by atoms with Crippen LogP contribution in [0.1, 0.15) is 42.8 Å². The van der Waals surface area contributed by atoms with Gasteiger partial charge in [-0.3, -0.25) is 0 Å². The molecule has 1 aliphatic rings. The molecule has 2 aromatic rings. The highest BCUT2D eigenvalue weighted by atomic mass is 35.5. The first-order valence-electron chi connectivity index (χ1n) is 6.53. The Labute approximate surface area is 113 Å². The Kier molecular flexibility index (Phi) is 3.13. The van der Waals surface area contributed by atoms with E-state index in [1.807, 2.05) is 12.1 Å². The molecule has 3 rings (SSSR count). The smallest absolute Gasteiger partial charge is 0.111 e. The van der Waals surface area contributed by atoms with Crippen LogP contribution in [-0.4, -0.2) is 9.55 Å². The van der Waals surface area contributed by atoms with Gasteiger partial charge in [-0.25, -0.2) is 4.98 Å². The zero-order valence-corrected chi connectivity index (χ0v) is 11.3. The molecular weight excluding hydrogens is 244 g/mol. The summed E-state index contributed by atoms with van der Waals surface area (Å²) in [5, 5.41) is 0.788. The summed E-state index contributed by atoms with van der Waals surface area (Å²) in [6.45, 7) is 3.39. The Balaban J connectivity index is 1.83. The molecule has 0 bridgehead atoms. The summed E-state index contributed by atoms with van der Waals surface area (Å²) < 4.78 is 2.32. The molecule has 3 heteroatoms. The highest BCUT2D eigenvalue weighted by molar-refractivity contribution is 6.30. The minimum absolute atomic E-state index is 0.595. The number of aromatic nitrogens is 2. The zero-order chi connectivity index (χ0) is 12.5. The Bertz CT molecular complexity index is 542. The topological polar surface area (TPSA) is 17.8 Å². The van der Waals surface area contributed by atoms with Crippen LogP contribution in [0, 0.1) is 0 Å². The first-order chi connectivity index (χ1) is 8.72. The average Bonchev–Trinajstić information content (AvgIpc) is 2.76. The summed E-state index contributed by atoms with van der Waals surface area (Å²) in [7, 11) is 0. The van der Waals surface area contributed by atoms with E-state index < -0.39 is 0 Å². The van der Waals surface area contributed by atoms with Crippen molar-refractivity contribution in [1.29, 1.82) is 0 Å². The van der Waals surface area contributed by atoms with Crippen LogP contribution >= 0.6 is 11.6 Å². The van der Waals surface area contributed by atoms with Crippen molar-refractivity contribution < 1.29 is 0 Å². The quantitative estimate of drug-likeness (QED) is 0.797. The molecule has 1 aliphatic heterocycles. The van der Waals surface area contributed by atoms with E-state index in [9.17, 15) is 0 Å². The highest BCUT2D eigenvalue weighted by Crippen LogP contribution is 2.26. The number of nitrogens with zero attached hydrogens (tertiary/aromatic N) is 2. The van der Waals surface area contributed by atoms with Crippen LogP contribution in [0.4, 0.5) is 0 Å². The second-order valence-electron chi connectivity index (χ2n) is 5.13. The fraction of sp³-hybridized carbons (Fsp3) is 0.400. The van der Waals surface area contributed by atoms with Crippen LogP contribution in [0.2, 0.25) is 5.02 Å². The molecule has 94 valence electrons. The van der Waals surface area contributed by atoms with Gasteiger partial charge < -0.3 is 4.57 Å². The normalized spacial score (nSPS) is 18.7. The summed E-state index contributed by atoms with van der Waals surface area (Å²) >= 11 is 5.90. The van der Waals surface area contributed by atoms with E-state index in [0.29, 0.717) is 5.92 Å². The van der Waals surface area contributed by atoms with E-state index in [1.54, 1.807) is 0 Å². The van der Waals surface area contributed by atoms with Gasteiger partial charge >= 0.3 is 0 Å². The van der Waals surface area contributed by atoms with Crippen LogP contribution in [0.25, 0.3) is 0 Å². The molecule has 1 aromatic carbocycles. The predicted molar refractivity (Wildman–Crippen MR) is 74.1 cm³/mol. The van der Waals surface area contributed by atoms with Gasteiger partial charge in [0.05, 0.1) is 5.69 Å². The lowest BCUT2D eigenvalue weighted by molar-refractivity contribution is 0.463. The van der Waals surface area contributed by atoms with Gasteiger partial charge in [0.1, 0.15) is 5.82 Å². The summed E-state index contributed by atoms with van der Waals surface area (Å²) in [5.41, 5.74) is 2.43. The van der Waals surface area contributed by atoms with E-state index in [0.717, 1.165) is 18.0 Å². The summed E-state index contributed by atoms with van der Waals surface area (Å²) in [6.07, 6.45) is 5.63. The lowest BCUT2D eigenvalue weighted by atomic mass is 10.0. The molecule has 0 fully saturated rings. The first-order valence-corrected chi connectivity index (χ1v) is 6.90. The fourth-order valence-corrected chi connectivity index (χ4v) is 2.78. The second kappa shape index (κ2) is 4.77. The third-order valence-electron chi connectivity index (χ3n) is 3.63. The van der Waals surface area contributed by atoms with Crippen molar-refractivity contribution in [3.05, 3.63) is 52.6 Å². The van der Waals surface area contributed by atoms with Crippen molar-refractivity contribution in [3.8, 4) is 0 Å². The molecule has 0 N–H and O–H groups in total. The number of aryl methyl sites for hydroxylation is 1. The van der Waals surface area contributed by atoms with Crippen molar-refractivity contribution in [2.75, 3.05) is 0 Å². The average molecular weight is 261 g/mol. The van der Waals surface area contributed by atoms with E-state index in [1.165, 1.54) is 29.9 Å². The molecular formula is C15H17ClN2. The van der Waals surface area contributed by atoms with Crippen LogP contribution < -0.4 is 0 Å². The van der Waals surface area contributed by atoms with Gasteiger partial charge in [0.15, 0.2) is 0 Å². The minimum atomic E-state index is 0.595. The lowest BCUT2D eigenvalue weighted by Gasteiger charge is -2.19. The van der Waals surface area contributed by atoms with Crippen molar-refractivity contribution in [2.45, 2.75) is 38.6 Å². The van der Waals surface area contributed by atoms with Gasteiger partial charge in [0.25, 0.3) is 0 Å². The van der Waals surface area contributed by atoms with Crippen molar-refractivity contribution in [3.63, 3.8) is 0 Å². The van der Waals surface area contributed by atoms with Crippen LogP contribution in [0.15, 0.2) is 30.5 Å². The maximum Gasteiger partial charge on any atom is 0.111 e. The largest absolute Gasteiger partial charge is 0.334 e. The Morgan fingerprint density at radius 3 is 2.83 bits per heavy atom. The van der Waals surface area contributed by atoms with E-state index >= 15 is 0 Å². The lowest BCUT2D eigenvalue weighted by Crippen LogP contribution is -2.12. The van der Waals surface area contributed by atoms with Crippen LogP contribution in [-0.2, 0) is 13.0 Å². The SMILES string of the molecule is CC1CCCn2cc(Cc3ccc(Cl)cc3)nc21. The first kappa shape index (κ1) is 11.8. The molecule has 2 heterocycles. The van der Waals surface area contributed by atoms with Gasteiger partial charge in [0, 0.05) is 30.1 Å². The van der Waals surface area contributed by atoms with E-state index in [-0.39, 0.29) is 0 Å². The Morgan fingerprint density at radius 1 is 1.33 bits per heavy atom. The van der Waals surface area contributed by atoms with Crippen LogP contribution in [0.5, 0.6) is 0 Å². The van der Waals surface area contributed by atoms with Crippen molar-refractivity contribution in [1.82, 2.24) is 9.55 Å². The van der Waals surface area contributed by atoms with Gasteiger partial charge in [-0.05, 0) is 30.5 Å². The number of benzene rings is 1. The molecule has 1 unspecified atom stereocenters. The third kappa shape index (κ3) is 2.30. The highest BCUT2D eigenvalue weighted by Gasteiger charge is 2.18. The maximum absolute atomic E-state index is 5.90. The molecule has 2 nitrogen and oxygen atoms in total. The number of halogens is 1. The van der Waals surface area contributed by atoms with Gasteiger partial charge in [-0.1, -0.05) is 30.7 Å². The molecule has 18 heavy (non-hydrogen) atoms. The van der Waals surface area contributed by atoms with Crippen molar-refractivity contribution in [2.24, 2.45) is 0 Å². The number of hydrogen-bond donors (Lipinski definition) is 0.